The molecule has 1 N–H and O–H groups in total. The Labute approximate surface area is 202 Å². The SMILES string of the molecule is Cc1cccc(CN(C(=O)OC(C)(C)C)C(=NC(=O)OC(C)(C)C)N2CN(C)C(O)N(C)C2)c1. The molecule has 1 fully saturated rings. The fourth-order valence-electron chi connectivity index (χ4n) is 3.39. The Bertz CT molecular complexity index is 894. The molecule has 0 bridgehead atoms. The predicted molar refractivity (Wildman–Crippen MR) is 130 cm³/mol. The molecule has 1 aromatic rings. The van der Waals surface area contributed by atoms with Crippen molar-refractivity contribution in [2.45, 2.75) is 72.6 Å². The number of hydrogen-bond acceptors (Lipinski definition) is 7. The summed E-state index contributed by atoms with van der Waals surface area (Å²) in [6.45, 7) is 13.1. The third-order valence-corrected chi connectivity index (χ3v) is 4.72. The first-order chi connectivity index (χ1) is 15.6. The van der Waals surface area contributed by atoms with Gasteiger partial charge in [-0.05, 0) is 68.1 Å². The second kappa shape index (κ2) is 10.7. The van der Waals surface area contributed by atoms with Crippen LogP contribution in [-0.2, 0) is 16.0 Å². The molecule has 0 spiro atoms. The lowest BCUT2D eigenvalue weighted by molar-refractivity contribution is -0.150. The predicted octanol–water partition coefficient (Wildman–Crippen LogP) is 3.39. The van der Waals surface area contributed by atoms with Crippen LogP contribution in [0.4, 0.5) is 9.59 Å². The van der Waals surface area contributed by atoms with Gasteiger partial charge in [-0.2, -0.15) is 0 Å². The summed E-state index contributed by atoms with van der Waals surface area (Å²) in [7, 11) is 3.47. The summed E-state index contributed by atoms with van der Waals surface area (Å²) in [5.74, 6) is 0.0793. The Kier molecular flexibility index (Phi) is 8.68. The van der Waals surface area contributed by atoms with E-state index < -0.39 is 29.7 Å². The molecule has 0 atom stereocenters. The van der Waals surface area contributed by atoms with E-state index in [1.54, 1.807) is 70.3 Å². The first kappa shape index (κ1) is 27.6. The molecule has 1 saturated heterocycles. The van der Waals surface area contributed by atoms with Crippen LogP contribution in [0.25, 0.3) is 0 Å². The van der Waals surface area contributed by atoms with Gasteiger partial charge in [0, 0.05) is 0 Å². The Morgan fingerprint density at radius 1 is 1.06 bits per heavy atom. The largest absolute Gasteiger partial charge is 0.443 e. The number of carbonyl (C=O) groups excluding carboxylic acids is 2. The van der Waals surface area contributed by atoms with E-state index in [-0.39, 0.29) is 25.8 Å². The summed E-state index contributed by atoms with van der Waals surface area (Å²) in [6.07, 6.45) is -2.28. The molecular formula is C24H39N5O5. The van der Waals surface area contributed by atoms with Gasteiger partial charge in [-0.1, -0.05) is 29.8 Å². The molecule has 190 valence electrons. The van der Waals surface area contributed by atoms with Crippen LogP contribution < -0.4 is 0 Å². The summed E-state index contributed by atoms with van der Waals surface area (Å²) in [6, 6.07) is 7.72. The number of nitrogens with zero attached hydrogens (tertiary/aromatic N) is 5. The van der Waals surface area contributed by atoms with E-state index in [4.69, 9.17) is 9.47 Å². The number of hydrogen-bond donors (Lipinski definition) is 1. The number of aliphatic hydroxyl groups is 1. The van der Waals surface area contributed by atoms with E-state index in [1.807, 2.05) is 31.2 Å². The van der Waals surface area contributed by atoms with E-state index in [9.17, 15) is 14.7 Å². The quantitative estimate of drug-likeness (QED) is 0.511. The van der Waals surface area contributed by atoms with Gasteiger partial charge in [0.1, 0.15) is 11.2 Å². The third kappa shape index (κ3) is 8.27. The molecule has 0 saturated carbocycles. The number of carbonyl (C=O) groups is 2. The minimum Gasteiger partial charge on any atom is -0.443 e. The molecule has 1 aromatic carbocycles. The van der Waals surface area contributed by atoms with Crippen molar-refractivity contribution in [1.29, 1.82) is 0 Å². The van der Waals surface area contributed by atoms with Gasteiger partial charge in [-0.3, -0.25) is 9.80 Å². The van der Waals surface area contributed by atoms with Crippen molar-refractivity contribution in [2.75, 3.05) is 27.4 Å². The van der Waals surface area contributed by atoms with Crippen LogP contribution in [0.2, 0.25) is 0 Å². The summed E-state index contributed by atoms with van der Waals surface area (Å²) in [4.78, 5) is 36.8. The number of ether oxygens (including phenoxy) is 2. The van der Waals surface area contributed by atoms with Gasteiger partial charge in [0.2, 0.25) is 5.96 Å². The van der Waals surface area contributed by atoms with Crippen molar-refractivity contribution >= 4 is 18.1 Å². The third-order valence-electron chi connectivity index (χ3n) is 4.72. The van der Waals surface area contributed by atoms with Gasteiger partial charge in [0.05, 0.1) is 19.9 Å². The topological polar surface area (TPSA) is 98.1 Å². The maximum atomic E-state index is 13.4. The molecule has 10 heteroatoms. The van der Waals surface area contributed by atoms with Gasteiger partial charge in [0.25, 0.3) is 0 Å². The summed E-state index contributed by atoms with van der Waals surface area (Å²) in [5.41, 5.74) is 0.365. The summed E-state index contributed by atoms with van der Waals surface area (Å²) in [5, 5.41) is 10.3. The molecule has 34 heavy (non-hydrogen) atoms. The lowest BCUT2D eigenvalue weighted by atomic mass is 10.1. The fourth-order valence-corrected chi connectivity index (χ4v) is 3.39. The molecule has 0 aliphatic carbocycles. The summed E-state index contributed by atoms with van der Waals surface area (Å²) >= 11 is 0. The van der Waals surface area contributed by atoms with Crippen molar-refractivity contribution in [2.24, 2.45) is 4.99 Å². The van der Waals surface area contributed by atoms with Crippen LogP contribution in [0.1, 0.15) is 52.7 Å². The van der Waals surface area contributed by atoms with E-state index in [1.165, 1.54) is 4.90 Å². The zero-order valence-electron chi connectivity index (χ0n) is 21.8. The van der Waals surface area contributed by atoms with E-state index in [2.05, 4.69) is 4.99 Å². The van der Waals surface area contributed by atoms with Crippen LogP contribution in [0, 0.1) is 6.92 Å². The molecule has 1 aliphatic heterocycles. The molecule has 2 rings (SSSR count). The van der Waals surface area contributed by atoms with E-state index in [0.29, 0.717) is 0 Å². The zero-order chi connectivity index (χ0) is 25.8. The number of amides is 2. The molecule has 1 heterocycles. The minimum absolute atomic E-state index is 0.0793. The number of benzene rings is 1. The van der Waals surface area contributed by atoms with E-state index in [0.717, 1.165) is 11.1 Å². The Hall–Kier alpha value is -2.69. The molecule has 0 aromatic heterocycles. The molecule has 0 unspecified atom stereocenters. The minimum atomic E-state index is -0.822. The van der Waals surface area contributed by atoms with Crippen molar-refractivity contribution in [3.05, 3.63) is 35.4 Å². The highest BCUT2D eigenvalue weighted by atomic mass is 16.6. The summed E-state index contributed by atoms with van der Waals surface area (Å²) < 4.78 is 11.1. The van der Waals surface area contributed by atoms with Gasteiger partial charge < -0.3 is 19.5 Å². The monoisotopic (exact) mass is 477 g/mol. The van der Waals surface area contributed by atoms with Crippen molar-refractivity contribution in [3.8, 4) is 0 Å². The van der Waals surface area contributed by atoms with Crippen molar-refractivity contribution < 1.29 is 24.2 Å². The Morgan fingerprint density at radius 3 is 2.12 bits per heavy atom. The number of aliphatic hydroxyl groups excluding tert-OH is 1. The second-order valence-electron chi connectivity index (χ2n) is 10.6. The lowest BCUT2D eigenvalue weighted by Crippen LogP contribution is -2.62. The van der Waals surface area contributed by atoms with Crippen LogP contribution in [-0.4, -0.2) is 87.8 Å². The van der Waals surface area contributed by atoms with Gasteiger partial charge in [-0.25, -0.2) is 14.5 Å². The molecular weight excluding hydrogens is 438 g/mol. The first-order valence-corrected chi connectivity index (χ1v) is 11.3. The fraction of sp³-hybridized carbons (Fsp3) is 0.625. The van der Waals surface area contributed by atoms with Crippen molar-refractivity contribution in [3.63, 3.8) is 0 Å². The molecule has 2 amide bonds. The first-order valence-electron chi connectivity index (χ1n) is 11.3. The second-order valence-corrected chi connectivity index (χ2v) is 10.6. The van der Waals surface area contributed by atoms with Crippen LogP contribution in [0.15, 0.2) is 29.3 Å². The van der Waals surface area contributed by atoms with Crippen LogP contribution in [0.3, 0.4) is 0 Å². The maximum absolute atomic E-state index is 13.4. The molecule has 1 aliphatic rings. The van der Waals surface area contributed by atoms with Gasteiger partial charge in [0.15, 0.2) is 6.35 Å². The molecule has 10 nitrogen and oxygen atoms in total. The molecule has 0 radical (unpaired) electrons. The highest BCUT2D eigenvalue weighted by Crippen LogP contribution is 2.19. The highest BCUT2D eigenvalue weighted by molar-refractivity contribution is 5.99. The lowest BCUT2D eigenvalue weighted by Gasteiger charge is -2.45. The van der Waals surface area contributed by atoms with Crippen molar-refractivity contribution in [1.82, 2.24) is 19.6 Å². The maximum Gasteiger partial charge on any atom is 0.437 e. The Morgan fingerprint density at radius 2 is 1.62 bits per heavy atom. The number of rotatable bonds is 2. The zero-order valence-corrected chi connectivity index (χ0v) is 21.8. The van der Waals surface area contributed by atoms with Crippen LogP contribution in [0.5, 0.6) is 0 Å². The highest BCUT2D eigenvalue weighted by Gasteiger charge is 2.35. The Balaban J connectivity index is 2.55. The van der Waals surface area contributed by atoms with Crippen LogP contribution >= 0.6 is 0 Å². The number of guanidine groups is 1. The van der Waals surface area contributed by atoms with E-state index >= 15 is 0 Å². The normalized spacial score (nSPS) is 17.0. The number of aryl methyl sites for hydroxylation is 1. The van der Waals surface area contributed by atoms with Gasteiger partial charge >= 0.3 is 12.2 Å². The standard InChI is InChI=1S/C24H39N5O5/c1-17-11-10-12-18(13-17)14-29(22(32)34-24(5,6)7)19(25-20(30)33-23(2,3)4)28-15-26(8)21(31)27(9)16-28/h10-13,21,31H,14-16H2,1-9H3. The number of aliphatic imine (C=N–C) groups is 1. The van der Waals surface area contributed by atoms with Gasteiger partial charge in [-0.15, -0.1) is 4.99 Å². The average Bonchev–Trinajstić information content (AvgIpc) is 2.65. The smallest absolute Gasteiger partial charge is 0.437 e. The average molecular weight is 478 g/mol.